The average molecular weight is 250 g/mol. The summed E-state index contributed by atoms with van der Waals surface area (Å²) in [6.45, 7) is 0.735. The third-order valence-corrected chi connectivity index (χ3v) is 4.74. The van der Waals surface area contributed by atoms with Crippen molar-refractivity contribution in [2.24, 2.45) is 5.73 Å². The summed E-state index contributed by atoms with van der Waals surface area (Å²) >= 11 is 8.52. The number of nitrogens with one attached hydrogen (secondary N) is 1. The molecule has 14 heavy (non-hydrogen) atoms. The van der Waals surface area contributed by atoms with Gasteiger partial charge in [0.15, 0.2) is 0 Å². The third kappa shape index (κ3) is 5.07. The predicted octanol–water partition coefficient (Wildman–Crippen LogP) is 0.627. The van der Waals surface area contributed by atoms with Gasteiger partial charge in [0.05, 0.1) is 11.4 Å². The second-order valence-electron chi connectivity index (χ2n) is 3.01. The molecule has 0 saturated carbocycles. The largest absolute Gasteiger partial charge is 0.393 e. The minimum Gasteiger partial charge on any atom is -0.393 e. The van der Waals surface area contributed by atoms with E-state index in [1.165, 1.54) is 11.5 Å². The van der Waals surface area contributed by atoms with Crippen molar-refractivity contribution < 1.29 is 4.79 Å². The maximum atomic E-state index is 11.2. The molecule has 0 aromatic rings. The molecule has 0 bridgehead atoms. The van der Waals surface area contributed by atoms with Gasteiger partial charge in [0.1, 0.15) is 0 Å². The molecule has 1 atom stereocenters. The van der Waals surface area contributed by atoms with E-state index in [0.717, 1.165) is 12.3 Å². The lowest BCUT2D eigenvalue weighted by atomic mass is 10.4. The Balaban J connectivity index is 2.12. The Labute approximate surface area is 97.9 Å². The predicted molar refractivity (Wildman–Crippen MR) is 68.0 cm³/mol. The van der Waals surface area contributed by atoms with Gasteiger partial charge in [-0.1, -0.05) is 12.2 Å². The summed E-state index contributed by atoms with van der Waals surface area (Å²) in [6, 6.07) is 0. The van der Waals surface area contributed by atoms with E-state index in [1.54, 1.807) is 0 Å². The molecule has 1 rings (SSSR count). The molecule has 1 aliphatic heterocycles. The van der Waals surface area contributed by atoms with E-state index in [1.807, 2.05) is 23.5 Å². The molecular weight excluding hydrogens is 236 g/mol. The number of carbonyl (C=O) groups excluding carboxylic acids is 1. The van der Waals surface area contributed by atoms with Gasteiger partial charge in [-0.05, 0) is 0 Å². The van der Waals surface area contributed by atoms with E-state index in [0.29, 0.717) is 5.25 Å². The smallest absolute Gasteiger partial charge is 0.226 e. The van der Waals surface area contributed by atoms with Crippen LogP contribution in [0.2, 0.25) is 0 Å². The van der Waals surface area contributed by atoms with Crippen LogP contribution >= 0.6 is 35.7 Å². The maximum Gasteiger partial charge on any atom is 0.226 e. The Hall–Kier alpha value is 0.0600. The summed E-state index contributed by atoms with van der Waals surface area (Å²) in [4.78, 5) is 11.5. The minimum atomic E-state index is -0.0614. The van der Waals surface area contributed by atoms with Gasteiger partial charge < -0.3 is 11.1 Å². The molecular formula is C8H14N2OS3. The fraction of sp³-hybridized carbons (Fsp3) is 0.750. The van der Waals surface area contributed by atoms with Crippen LogP contribution in [-0.2, 0) is 4.79 Å². The molecule has 1 amide bonds. The molecule has 1 saturated heterocycles. The monoisotopic (exact) mass is 250 g/mol. The first-order valence-corrected chi connectivity index (χ1v) is 7.04. The molecule has 3 nitrogen and oxygen atoms in total. The quantitative estimate of drug-likeness (QED) is 0.717. The molecule has 1 unspecified atom stereocenters. The number of amides is 1. The fourth-order valence-electron chi connectivity index (χ4n) is 1.10. The van der Waals surface area contributed by atoms with Crippen LogP contribution in [0.1, 0.15) is 6.42 Å². The highest BCUT2D eigenvalue weighted by molar-refractivity contribution is 8.06. The highest BCUT2D eigenvalue weighted by atomic mass is 32.2. The lowest BCUT2D eigenvalue weighted by Gasteiger charge is -2.20. The Bertz CT molecular complexity index is 217. The van der Waals surface area contributed by atoms with Crippen LogP contribution in [0.15, 0.2) is 0 Å². The summed E-state index contributed by atoms with van der Waals surface area (Å²) in [5.41, 5.74) is 5.26. The second-order valence-corrected chi connectivity index (χ2v) is 6.10. The van der Waals surface area contributed by atoms with Crippen molar-refractivity contribution >= 4 is 46.6 Å². The summed E-state index contributed by atoms with van der Waals surface area (Å²) in [6.07, 6.45) is 0.167. The Morgan fingerprint density at radius 2 is 2.36 bits per heavy atom. The van der Waals surface area contributed by atoms with Crippen molar-refractivity contribution in [3.8, 4) is 0 Å². The van der Waals surface area contributed by atoms with Crippen LogP contribution in [0.4, 0.5) is 0 Å². The number of carbonyl (C=O) groups is 1. The molecule has 0 spiro atoms. The van der Waals surface area contributed by atoms with Crippen molar-refractivity contribution in [1.29, 1.82) is 0 Å². The van der Waals surface area contributed by atoms with Crippen LogP contribution in [0.3, 0.4) is 0 Å². The molecule has 1 heterocycles. The molecule has 3 N–H and O–H groups in total. The van der Waals surface area contributed by atoms with Gasteiger partial charge in [-0.25, -0.2) is 0 Å². The van der Waals surface area contributed by atoms with Crippen molar-refractivity contribution in [3.63, 3.8) is 0 Å². The standard InChI is InChI=1S/C8H14N2OS3/c9-7(12)3-8(11)10-4-6-5-13-1-2-14-6/h6H,1-5H2,(H2,9,12)(H,10,11). The van der Waals surface area contributed by atoms with E-state index in [2.05, 4.69) is 17.5 Å². The van der Waals surface area contributed by atoms with E-state index < -0.39 is 0 Å². The summed E-state index contributed by atoms with van der Waals surface area (Å²) < 4.78 is 0. The third-order valence-electron chi connectivity index (χ3n) is 1.75. The van der Waals surface area contributed by atoms with Gasteiger partial charge in [0.2, 0.25) is 5.91 Å². The number of nitrogens with two attached hydrogens (primary N) is 1. The zero-order valence-electron chi connectivity index (χ0n) is 7.82. The molecule has 80 valence electrons. The van der Waals surface area contributed by atoms with Crippen molar-refractivity contribution in [2.45, 2.75) is 11.7 Å². The molecule has 6 heteroatoms. The van der Waals surface area contributed by atoms with Crippen LogP contribution in [0, 0.1) is 0 Å². The number of hydrogen-bond donors (Lipinski definition) is 2. The zero-order valence-corrected chi connectivity index (χ0v) is 10.3. The van der Waals surface area contributed by atoms with Gasteiger partial charge in [-0.15, -0.1) is 0 Å². The number of thioether (sulfide) groups is 2. The van der Waals surface area contributed by atoms with Gasteiger partial charge in [0, 0.05) is 29.1 Å². The van der Waals surface area contributed by atoms with Gasteiger partial charge in [0.25, 0.3) is 0 Å². The minimum absolute atomic E-state index is 0.0614. The SMILES string of the molecule is NC(=S)CC(=O)NCC1CSCCS1. The summed E-state index contributed by atoms with van der Waals surface area (Å²) in [7, 11) is 0. The van der Waals surface area contributed by atoms with Gasteiger partial charge >= 0.3 is 0 Å². The van der Waals surface area contributed by atoms with E-state index in [-0.39, 0.29) is 17.3 Å². The van der Waals surface area contributed by atoms with E-state index >= 15 is 0 Å². The topological polar surface area (TPSA) is 55.1 Å². The molecule has 1 aliphatic rings. The molecule has 0 aromatic carbocycles. The first kappa shape index (κ1) is 12.1. The average Bonchev–Trinajstić information content (AvgIpc) is 2.15. The van der Waals surface area contributed by atoms with Crippen LogP contribution in [0.5, 0.6) is 0 Å². The van der Waals surface area contributed by atoms with E-state index in [9.17, 15) is 4.79 Å². The molecule has 0 aromatic heterocycles. The molecule has 0 aliphatic carbocycles. The number of hydrogen-bond acceptors (Lipinski definition) is 4. The van der Waals surface area contributed by atoms with E-state index in [4.69, 9.17) is 5.73 Å². The highest BCUT2D eigenvalue weighted by Gasteiger charge is 2.14. The van der Waals surface area contributed by atoms with Crippen LogP contribution in [-0.4, -0.2) is 39.9 Å². The zero-order chi connectivity index (χ0) is 10.4. The normalized spacial score (nSPS) is 21.6. The van der Waals surface area contributed by atoms with Gasteiger partial charge in [-0.2, -0.15) is 23.5 Å². The van der Waals surface area contributed by atoms with Crippen molar-refractivity contribution in [3.05, 3.63) is 0 Å². The molecule has 1 fully saturated rings. The highest BCUT2D eigenvalue weighted by Crippen LogP contribution is 2.23. The van der Waals surface area contributed by atoms with Crippen LogP contribution < -0.4 is 11.1 Å². The Morgan fingerprint density at radius 3 is 2.93 bits per heavy atom. The van der Waals surface area contributed by atoms with Crippen molar-refractivity contribution in [2.75, 3.05) is 23.8 Å². The second kappa shape index (κ2) is 6.53. The van der Waals surface area contributed by atoms with Crippen molar-refractivity contribution in [1.82, 2.24) is 5.32 Å². The maximum absolute atomic E-state index is 11.2. The fourth-order valence-corrected chi connectivity index (χ4v) is 3.85. The lowest BCUT2D eigenvalue weighted by Crippen LogP contribution is -2.35. The number of rotatable bonds is 4. The Kier molecular flexibility index (Phi) is 5.66. The summed E-state index contributed by atoms with van der Waals surface area (Å²) in [5.74, 6) is 3.47. The first-order chi connectivity index (χ1) is 6.68. The molecule has 0 radical (unpaired) electrons. The first-order valence-electron chi connectivity index (χ1n) is 4.43. The lowest BCUT2D eigenvalue weighted by molar-refractivity contribution is -0.119. The van der Waals surface area contributed by atoms with Crippen LogP contribution in [0.25, 0.3) is 0 Å². The summed E-state index contributed by atoms with van der Waals surface area (Å²) in [5, 5.41) is 3.39. The Morgan fingerprint density at radius 1 is 1.57 bits per heavy atom. The number of thiocarbonyl (C=S) groups is 1. The van der Waals surface area contributed by atoms with Gasteiger partial charge in [-0.3, -0.25) is 4.79 Å².